The van der Waals surface area contributed by atoms with Gasteiger partial charge in [0, 0.05) is 29.1 Å². The standard InChI is InChI=1S/C20H17ClN4O2S/c1-12-22-16-10-9-15(11-17(16)28-12)23-18(26)3-2-4-19-24-20(25-27-19)13-5-7-14(21)8-6-13/h5-11H,2-4H2,1H3,(H,23,26). The molecule has 142 valence electrons. The highest BCUT2D eigenvalue weighted by molar-refractivity contribution is 7.18. The molecule has 28 heavy (non-hydrogen) atoms. The van der Waals surface area contributed by atoms with Crippen LogP contribution in [0.4, 0.5) is 5.69 Å². The van der Waals surface area contributed by atoms with E-state index in [9.17, 15) is 4.79 Å². The summed E-state index contributed by atoms with van der Waals surface area (Å²) in [6.07, 6.45) is 1.54. The monoisotopic (exact) mass is 412 g/mol. The zero-order valence-electron chi connectivity index (χ0n) is 15.1. The fraction of sp³-hybridized carbons (Fsp3) is 0.200. The molecule has 8 heteroatoms. The molecule has 1 N–H and O–H groups in total. The normalized spacial score (nSPS) is 11.1. The van der Waals surface area contributed by atoms with Gasteiger partial charge in [-0.3, -0.25) is 4.79 Å². The molecule has 6 nitrogen and oxygen atoms in total. The minimum absolute atomic E-state index is 0.0435. The molecular weight excluding hydrogens is 396 g/mol. The molecular formula is C20H17ClN4O2S. The van der Waals surface area contributed by atoms with Crippen molar-refractivity contribution in [3.05, 3.63) is 58.4 Å². The Balaban J connectivity index is 1.29. The van der Waals surface area contributed by atoms with Crippen LogP contribution < -0.4 is 5.32 Å². The third-order valence-corrected chi connectivity index (χ3v) is 5.33. The molecule has 2 aromatic carbocycles. The van der Waals surface area contributed by atoms with Crippen LogP contribution in [0.2, 0.25) is 5.02 Å². The van der Waals surface area contributed by atoms with Gasteiger partial charge in [-0.1, -0.05) is 16.8 Å². The number of nitrogens with one attached hydrogen (secondary N) is 1. The molecule has 1 amide bonds. The molecule has 0 aliphatic heterocycles. The molecule has 0 aliphatic rings. The van der Waals surface area contributed by atoms with Crippen LogP contribution >= 0.6 is 22.9 Å². The van der Waals surface area contributed by atoms with Gasteiger partial charge in [-0.25, -0.2) is 4.98 Å². The van der Waals surface area contributed by atoms with Crippen molar-refractivity contribution >= 4 is 44.7 Å². The molecule has 4 aromatic rings. The number of thiazole rings is 1. The Morgan fingerprint density at radius 3 is 2.82 bits per heavy atom. The van der Waals surface area contributed by atoms with E-state index < -0.39 is 0 Å². The minimum atomic E-state index is -0.0435. The highest BCUT2D eigenvalue weighted by Crippen LogP contribution is 2.25. The summed E-state index contributed by atoms with van der Waals surface area (Å²) < 4.78 is 6.33. The molecule has 0 bridgehead atoms. The number of carbonyl (C=O) groups is 1. The number of nitrogens with zero attached hydrogens (tertiary/aromatic N) is 3. The Kier molecular flexibility index (Phi) is 5.36. The number of benzene rings is 2. The quantitative estimate of drug-likeness (QED) is 0.466. The average Bonchev–Trinajstić information content (AvgIpc) is 3.28. The van der Waals surface area contributed by atoms with Gasteiger partial charge >= 0.3 is 0 Å². The van der Waals surface area contributed by atoms with Crippen LogP contribution in [-0.4, -0.2) is 21.0 Å². The Morgan fingerprint density at radius 1 is 1.18 bits per heavy atom. The number of hydrogen-bond acceptors (Lipinski definition) is 6. The fourth-order valence-electron chi connectivity index (χ4n) is 2.81. The van der Waals surface area contributed by atoms with E-state index in [0.29, 0.717) is 36.0 Å². The molecule has 0 unspecified atom stereocenters. The second kappa shape index (κ2) is 8.08. The zero-order valence-corrected chi connectivity index (χ0v) is 16.7. The number of amides is 1. The van der Waals surface area contributed by atoms with Crippen molar-refractivity contribution < 1.29 is 9.32 Å². The fourth-order valence-corrected chi connectivity index (χ4v) is 3.81. The summed E-state index contributed by atoms with van der Waals surface area (Å²) in [4.78, 5) is 21.0. The van der Waals surface area contributed by atoms with E-state index >= 15 is 0 Å². The average molecular weight is 413 g/mol. The van der Waals surface area contributed by atoms with Gasteiger partial charge in [0.2, 0.25) is 17.6 Å². The molecule has 0 aliphatic carbocycles. The third-order valence-electron chi connectivity index (χ3n) is 4.14. The predicted molar refractivity (Wildman–Crippen MR) is 111 cm³/mol. The van der Waals surface area contributed by atoms with E-state index in [2.05, 4.69) is 20.4 Å². The first-order valence-corrected chi connectivity index (χ1v) is 10.0. The van der Waals surface area contributed by atoms with Crippen LogP contribution in [0.5, 0.6) is 0 Å². The summed E-state index contributed by atoms with van der Waals surface area (Å²) in [5.74, 6) is 0.988. The van der Waals surface area contributed by atoms with Crippen molar-refractivity contribution in [1.29, 1.82) is 0 Å². The van der Waals surface area contributed by atoms with Crippen LogP contribution in [0.25, 0.3) is 21.6 Å². The Labute approximate surface area is 170 Å². The molecule has 0 saturated carbocycles. The lowest BCUT2D eigenvalue weighted by molar-refractivity contribution is -0.116. The maximum atomic E-state index is 12.2. The third kappa shape index (κ3) is 4.37. The van der Waals surface area contributed by atoms with E-state index in [0.717, 1.165) is 26.5 Å². The number of fused-ring (bicyclic) bond motifs is 1. The summed E-state index contributed by atoms with van der Waals surface area (Å²) in [5, 5.41) is 8.57. The Morgan fingerprint density at radius 2 is 2.00 bits per heavy atom. The Hall–Kier alpha value is -2.77. The van der Waals surface area contributed by atoms with Gasteiger partial charge in [0.1, 0.15) is 0 Å². The number of aromatic nitrogens is 3. The van der Waals surface area contributed by atoms with Gasteiger partial charge in [-0.2, -0.15) is 4.98 Å². The van der Waals surface area contributed by atoms with Crippen molar-refractivity contribution in [3.63, 3.8) is 0 Å². The summed E-state index contributed by atoms with van der Waals surface area (Å²) >= 11 is 7.50. The smallest absolute Gasteiger partial charge is 0.226 e. The molecule has 0 saturated heterocycles. The summed E-state index contributed by atoms with van der Waals surface area (Å²) in [6, 6.07) is 13.0. The first-order valence-electron chi connectivity index (χ1n) is 8.82. The SMILES string of the molecule is Cc1nc2ccc(NC(=O)CCCc3nc(-c4ccc(Cl)cc4)no3)cc2s1. The summed E-state index contributed by atoms with van der Waals surface area (Å²) in [5.41, 5.74) is 2.57. The second-order valence-corrected chi connectivity index (χ2v) is 8.01. The molecule has 2 heterocycles. The lowest BCUT2D eigenvalue weighted by atomic mass is 10.2. The number of carbonyl (C=O) groups excluding carboxylic acids is 1. The molecule has 2 aromatic heterocycles. The van der Waals surface area contributed by atoms with E-state index in [1.54, 1.807) is 23.5 Å². The predicted octanol–water partition coefficient (Wildman–Crippen LogP) is 5.27. The first kappa shape index (κ1) is 18.6. The number of hydrogen-bond donors (Lipinski definition) is 1. The molecule has 0 radical (unpaired) electrons. The lowest BCUT2D eigenvalue weighted by Crippen LogP contribution is -2.11. The van der Waals surface area contributed by atoms with E-state index in [1.165, 1.54) is 0 Å². The largest absolute Gasteiger partial charge is 0.339 e. The van der Waals surface area contributed by atoms with Crippen LogP contribution in [0.15, 0.2) is 47.0 Å². The van der Waals surface area contributed by atoms with Crippen molar-refractivity contribution in [3.8, 4) is 11.4 Å². The number of aryl methyl sites for hydroxylation is 2. The van der Waals surface area contributed by atoms with Gasteiger partial charge in [0.25, 0.3) is 0 Å². The highest BCUT2D eigenvalue weighted by atomic mass is 35.5. The van der Waals surface area contributed by atoms with E-state index in [-0.39, 0.29) is 5.91 Å². The van der Waals surface area contributed by atoms with Crippen molar-refractivity contribution in [1.82, 2.24) is 15.1 Å². The van der Waals surface area contributed by atoms with Gasteiger partial charge < -0.3 is 9.84 Å². The summed E-state index contributed by atoms with van der Waals surface area (Å²) in [7, 11) is 0. The first-order chi connectivity index (χ1) is 13.6. The molecule has 0 fully saturated rings. The Bertz CT molecular complexity index is 1120. The van der Waals surface area contributed by atoms with Gasteiger partial charge in [-0.05, 0) is 55.8 Å². The van der Waals surface area contributed by atoms with Gasteiger partial charge in [0.05, 0.1) is 15.2 Å². The zero-order chi connectivity index (χ0) is 19.5. The van der Waals surface area contributed by atoms with Crippen LogP contribution in [-0.2, 0) is 11.2 Å². The van der Waals surface area contributed by atoms with E-state index in [4.69, 9.17) is 16.1 Å². The minimum Gasteiger partial charge on any atom is -0.339 e. The van der Waals surface area contributed by atoms with Crippen molar-refractivity contribution in [2.24, 2.45) is 0 Å². The highest BCUT2D eigenvalue weighted by Gasteiger charge is 2.10. The van der Waals surface area contributed by atoms with Crippen molar-refractivity contribution in [2.75, 3.05) is 5.32 Å². The maximum absolute atomic E-state index is 12.2. The number of halogens is 1. The topological polar surface area (TPSA) is 80.9 Å². The summed E-state index contributed by atoms with van der Waals surface area (Å²) in [6.45, 7) is 1.97. The lowest BCUT2D eigenvalue weighted by Gasteiger charge is -2.04. The molecule has 0 spiro atoms. The van der Waals surface area contributed by atoms with Crippen LogP contribution in [0, 0.1) is 6.92 Å². The van der Waals surface area contributed by atoms with Crippen LogP contribution in [0.3, 0.4) is 0 Å². The maximum Gasteiger partial charge on any atom is 0.226 e. The van der Waals surface area contributed by atoms with E-state index in [1.807, 2.05) is 37.3 Å². The number of rotatable bonds is 6. The van der Waals surface area contributed by atoms with Gasteiger partial charge in [-0.15, -0.1) is 11.3 Å². The van der Waals surface area contributed by atoms with Gasteiger partial charge in [0.15, 0.2) is 0 Å². The molecule has 0 atom stereocenters. The second-order valence-electron chi connectivity index (χ2n) is 6.34. The number of anilines is 1. The van der Waals surface area contributed by atoms with Crippen molar-refractivity contribution in [2.45, 2.75) is 26.2 Å². The van der Waals surface area contributed by atoms with Crippen LogP contribution in [0.1, 0.15) is 23.7 Å². The molecule has 4 rings (SSSR count).